The molecule has 0 unspecified atom stereocenters. The highest BCUT2D eigenvalue weighted by atomic mass is 35.5. The number of nitrogens with zero attached hydrogens (tertiary/aromatic N) is 5. The molecule has 23 heavy (non-hydrogen) atoms. The van der Waals surface area contributed by atoms with Crippen LogP contribution in [0.5, 0.6) is 0 Å². The Bertz CT molecular complexity index is 687. The van der Waals surface area contributed by atoms with Crippen molar-refractivity contribution in [3.05, 3.63) is 23.5 Å². The number of hydrogen-bond acceptors (Lipinski definition) is 7. The number of halogens is 1. The lowest BCUT2D eigenvalue weighted by atomic mass is 10.1. The molecule has 2 aromatic rings. The van der Waals surface area contributed by atoms with Gasteiger partial charge in [0.05, 0.1) is 11.7 Å². The summed E-state index contributed by atoms with van der Waals surface area (Å²) in [5, 5.41) is 13.0. The number of piperidine rings is 1. The number of likely N-dealkylation sites (tertiary alicyclic amines) is 1. The van der Waals surface area contributed by atoms with Crippen LogP contribution in [0, 0.1) is 0 Å². The fourth-order valence-electron chi connectivity index (χ4n) is 2.29. The minimum atomic E-state index is -0.895. The summed E-state index contributed by atoms with van der Waals surface area (Å²) in [5.41, 5.74) is 0.461. The zero-order valence-corrected chi connectivity index (χ0v) is 12.8. The Kier molecular flexibility index (Phi) is 4.68. The van der Waals surface area contributed by atoms with E-state index in [1.54, 1.807) is 0 Å². The minimum Gasteiger partial charge on any atom is -0.465 e. The van der Waals surface area contributed by atoms with Crippen LogP contribution in [0.4, 0.5) is 4.79 Å². The van der Waals surface area contributed by atoms with Gasteiger partial charge in [0, 0.05) is 19.3 Å². The van der Waals surface area contributed by atoms with Crippen LogP contribution >= 0.6 is 11.6 Å². The third kappa shape index (κ3) is 3.74. The molecule has 0 aliphatic carbocycles. The van der Waals surface area contributed by atoms with Gasteiger partial charge in [0.2, 0.25) is 0 Å². The van der Waals surface area contributed by atoms with Crippen molar-refractivity contribution in [1.29, 1.82) is 0 Å². The number of carbonyl (C=O) groups is 1. The molecule has 0 spiro atoms. The van der Waals surface area contributed by atoms with Gasteiger partial charge in [-0.2, -0.15) is 4.98 Å². The largest absolute Gasteiger partial charge is 0.465 e. The summed E-state index contributed by atoms with van der Waals surface area (Å²) in [6.07, 6.45) is 3.21. The van der Waals surface area contributed by atoms with Crippen molar-refractivity contribution in [2.75, 3.05) is 13.1 Å². The predicted molar refractivity (Wildman–Crippen MR) is 77.7 cm³/mol. The minimum absolute atomic E-state index is 0.0174. The van der Waals surface area contributed by atoms with E-state index in [4.69, 9.17) is 26.0 Å². The second-order valence-corrected chi connectivity index (χ2v) is 5.38. The SMILES string of the molecule is O=C(O)N1CCC(OCc2noc(-c3cncnc3Cl)n2)CC1. The van der Waals surface area contributed by atoms with E-state index in [9.17, 15) is 4.79 Å². The van der Waals surface area contributed by atoms with Gasteiger partial charge in [0.1, 0.15) is 18.1 Å². The topological polar surface area (TPSA) is 114 Å². The van der Waals surface area contributed by atoms with Crippen molar-refractivity contribution in [3.63, 3.8) is 0 Å². The summed E-state index contributed by atoms with van der Waals surface area (Å²) in [5.74, 6) is 0.621. The second-order valence-electron chi connectivity index (χ2n) is 5.02. The quantitative estimate of drug-likeness (QED) is 0.839. The smallest absolute Gasteiger partial charge is 0.407 e. The fourth-order valence-corrected chi connectivity index (χ4v) is 2.46. The summed E-state index contributed by atoms with van der Waals surface area (Å²) in [6, 6.07) is 0. The van der Waals surface area contributed by atoms with Crippen molar-refractivity contribution in [1.82, 2.24) is 25.0 Å². The van der Waals surface area contributed by atoms with Crippen LogP contribution in [0.25, 0.3) is 11.5 Å². The number of amides is 1. The molecule has 122 valence electrons. The van der Waals surface area contributed by atoms with Crippen LogP contribution < -0.4 is 0 Å². The van der Waals surface area contributed by atoms with E-state index in [0.29, 0.717) is 37.3 Å². The maximum atomic E-state index is 10.8. The molecule has 0 radical (unpaired) electrons. The third-order valence-corrected chi connectivity index (χ3v) is 3.82. The molecule has 1 aliphatic heterocycles. The summed E-state index contributed by atoms with van der Waals surface area (Å²) >= 11 is 5.94. The van der Waals surface area contributed by atoms with Gasteiger partial charge in [-0.05, 0) is 12.8 Å². The van der Waals surface area contributed by atoms with E-state index in [-0.39, 0.29) is 23.8 Å². The van der Waals surface area contributed by atoms with Crippen LogP contribution in [0.3, 0.4) is 0 Å². The number of ether oxygens (including phenoxy) is 1. The normalized spacial score (nSPS) is 15.8. The van der Waals surface area contributed by atoms with Crippen molar-refractivity contribution in [3.8, 4) is 11.5 Å². The number of carboxylic acid groups (broad SMARTS) is 1. The molecule has 9 nitrogen and oxygen atoms in total. The summed E-state index contributed by atoms with van der Waals surface area (Å²) < 4.78 is 10.8. The molecule has 1 N–H and O–H groups in total. The molecular formula is C13H14ClN5O4. The zero-order valence-electron chi connectivity index (χ0n) is 12.1. The molecule has 2 aromatic heterocycles. The predicted octanol–water partition coefficient (Wildman–Crippen LogP) is 1.84. The van der Waals surface area contributed by atoms with Gasteiger partial charge in [-0.25, -0.2) is 14.8 Å². The van der Waals surface area contributed by atoms with Crippen molar-refractivity contribution in [2.45, 2.75) is 25.6 Å². The van der Waals surface area contributed by atoms with Gasteiger partial charge in [-0.3, -0.25) is 0 Å². The highest BCUT2D eigenvalue weighted by molar-refractivity contribution is 6.31. The Morgan fingerprint density at radius 3 is 2.96 bits per heavy atom. The Morgan fingerprint density at radius 2 is 2.26 bits per heavy atom. The van der Waals surface area contributed by atoms with Gasteiger partial charge >= 0.3 is 6.09 Å². The molecule has 0 saturated carbocycles. The maximum absolute atomic E-state index is 10.8. The van der Waals surface area contributed by atoms with E-state index in [2.05, 4.69) is 20.1 Å². The standard InChI is InChI=1S/C13H14ClN5O4/c14-11-9(5-15-7-16-11)12-17-10(18-23-12)6-22-8-1-3-19(4-2-8)13(20)21/h5,7-8H,1-4,6H2,(H,20,21). The van der Waals surface area contributed by atoms with Crippen molar-refractivity contribution >= 4 is 17.7 Å². The van der Waals surface area contributed by atoms with E-state index in [0.717, 1.165) is 0 Å². The monoisotopic (exact) mass is 339 g/mol. The lowest BCUT2D eigenvalue weighted by Crippen LogP contribution is -2.40. The average Bonchev–Trinajstić information content (AvgIpc) is 3.02. The van der Waals surface area contributed by atoms with Gasteiger partial charge < -0.3 is 19.3 Å². The van der Waals surface area contributed by atoms with Gasteiger partial charge in [0.15, 0.2) is 5.82 Å². The second kappa shape index (κ2) is 6.88. The molecule has 1 amide bonds. The maximum Gasteiger partial charge on any atom is 0.407 e. The average molecular weight is 340 g/mol. The molecule has 1 fully saturated rings. The van der Waals surface area contributed by atoms with Gasteiger partial charge in [0.25, 0.3) is 5.89 Å². The lowest BCUT2D eigenvalue weighted by Gasteiger charge is -2.29. The molecule has 0 aromatic carbocycles. The highest BCUT2D eigenvalue weighted by Gasteiger charge is 2.23. The van der Waals surface area contributed by atoms with Gasteiger partial charge in [-0.1, -0.05) is 16.8 Å². The summed E-state index contributed by atoms with van der Waals surface area (Å²) in [7, 11) is 0. The molecule has 1 aliphatic rings. The van der Waals surface area contributed by atoms with Crippen LogP contribution in [0.1, 0.15) is 18.7 Å². The molecular weight excluding hydrogens is 326 g/mol. The Balaban J connectivity index is 1.54. The van der Waals surface area contributed by atoms with Crippen LogP contribution in [-0.2, 0) is 11.3 Å². The molecule has 1 saturated heterocycles. The van der Waals surface area contributed by atoms with Crippen molar-refractivity contribution in [2.24, 2.45) is 0 Å². The highest BCUT2D eigenvalue weighted by Crippen LogP contribution is 2.23. The van der Waals surface area contributed by atoms with E-state index < -0.39 is 6.09 Å². The fraction of sp³-hybridized carbons (Fsp3) is 0.462. The van der Waals surface area contributed by atoms with Crippen LogP contribution in [0.2, 0.25) is 5.15 Å². The number of rotatable bonds is 4. The first-order chi connectivity index (χ1) is 11.1. The van der Waals surface area contributed by atoms with E-state index in [1.807, 2.05) is 0 Å². The van der Waals surface area contributed by atoms with Crippen LogP contribution in [-0.4, -0.2) is 55.4 Å². The Hall–Kier alpha value is -2.26. The summed E-state index contributed by atoms with van der Waals surface area (Å²) in [6.45, 7) is 1.12. The number of aromatic nitrogens is 4. The number of hydrogen-bond donors (Lipinski definition) is 1. The molecule has 3 heterocycles. The zero-order chi connectivity index (χ0) is 16.2. The lowest BCUT2D eigenvalue weighted by molar-refractivity contribution is -0.00294. The first kappa shape index (κ1) is 15.6. The molecule has 0 bridgehead atoms. The molecule has 0 atom stereocenters. The van der Waals surface area contributed by atoms with Crippen molar-refractivity contribution < 1.29 is 19.2 Å². The molecule has 10 heteroatoms. The van der Waals surface area contributed by atoms with E-state index >= 15 is 0 Å². The summed E-state index contributed by atoms with van der Waals surface area (Å²) in [4.78, 5) is 24.1. The first-order valence-electron chi connectivity index (χ1n) is 7.01. The van der Waals surface area contributed by atoms with Crippen LogP contribution in [0.15, 0.2) is 17.0 Å². The van der Waals surface area contributed by atoms with E-state index in [1.165, 1.54) is 17.4 Å². The Labute approximate surface area is 136 Å². The first-order valence-corrected chi connectivity index (χ1v) is 7.39. The van der Waals surface area contributed by atoms with Gasteiger partial charge in [-0.15, -0.1) is 0 Å². The third-order valence-electron chi connectivity index (χ3n) is 3.52. The Morgan fingerprint density at radius 1 is 1.48 bits per heavy atom. The molecule has 3 rings (SSSR count).